The molecule has 0 heterocycles. The molecule has 0 atom stereocenters. The third kappa shape index (κ3) is 3.74. The molecule has 3 nitrogen and oxygen atoms in total. The topological polar surface area (TPSA) is 40.5 Å². The predicted octanol–water partition coefficient (Wildman–Crippen LogP) is 3.03. The van der Waals surface area contributed by atoms with E-state index in [0.29, 0.717) is 11.6 Å². The zero-order chi connectivity index (χ0) is 12.1. The predicted molar refractivity (Wildman–Crippen MR) is 66.2 cm³/mol. The van der Waals surface area contributed by atoms with Crippen LogP contribution in [0.2, 0.25) is 5.02 Å². The number of benzene rings is 1. The SMILES string of the molecule is CC(C)N(CCC(=O)O)c1cccc(Cl)c1. The van der Waals surface area contributed by atoms with Gasteiger partial charge in [-0.05, 0) is 32.0 Å². The lowest BCUT2D eigenvalue weighted by atomic mass is 10.2. The maximum atomic E-state index is 10.6. The molecule has 1 N–H and O–H groups in total. The van der Waals surface area contributed by atoms with Crippen LogP contribution in [0.4, 0.5) is 5.69 Å². The lowest BCUT2D eigenvalue weighted by Gasteiger charge is -2.28. The Morgan fingerprint density at radius 1 is 1.50 bits per heavy atom. The third-order valence-corrected chi connectivity index (χ3v) is 2.56. The maximum absolute atomic E-state index is 10.6. The van der Waals surface area contributed by atoms with Crippen LogP contribution in [-0.4, -0.2) is 23.7 Å². The minimum Gasteiger partial charge on any atom is -0.481 e. The molecule has 0 bridgehead atoms. The average Bonchev–Trinajstić information content (AvgIpc) is 2.17. The number of carboxylic acids is 1. The summed E-state index contributed by atoms with van der Waals surface area (Å²) >= 11 is 5.91. The summed E-state index contributed by atoms with van der Waals surface area (Å²) in [4.78, 5) is 12.6. The van der Waals surface area contributed by atoms with Gasteiger partial charge in [-0.3, -0.25) is 4.79 Å². The highest BCUT2D eigenvalue weighted by Crippen LogP contribution is 2.21. The summed E-state index contributed by atoms with van der Waals surface area (Å²) in [6.45, 7) is 4.55. The van der Waals surface area contributed by atoms with Crippen LogP contribution in [0.1, 0.15) is 20.3 Å². The average molecular weight is 242 g/mol. The largest absolute Gasteiger partial charge is 0.481 e. The number of carbonyl (C=O) groups is 1. The molecule has 0 unspecified atom stereocenters. The van der Waals surface area contributed by atoms with Crippen molar-refractivity contribution in [1.29, 1.82) is 0 Å². The van der Waals surface area contributed by atoms with Gasteiger partial charge in [0.05, 0.1) is 6.42 Å². The number of aliphatic carboxylic acids is 1. The van der Waals surface area contributed by atoms with Gasteiger partial charge in [-0.15, -0.1) is 0 Å². The van der Waals surface area contributed by atoms with E-state index < -0.39 is 5.97 Å². The Bertz CT molecular complexity index is 366. The van der Waals surface area contributed by atoms with Gasteiger partial charge in [0.1, 0.15) is 0 Å². The fourth-order valence-electron chi connectivity index (χ4n) is 1.56. The fraction of sp³-hybridized carbons (Fsp3) is 0.417. The minimum atomic E-state index is -0.785. The third-order valence-electron chi connectivity index (χ3n) is 2.33. The summed E-state index contributed by atoms with van der Waals surface area (Å²) in [6.07, 6.45) is 0.130. The Balaban J connectivity index is 2.81. The zero-order valence-corrected chi connectivity index (χ0v) is 10.2. The number of rotatable bonds is 5. The van der Waals surface area contributed by atoms with Crippen LogP contribution < -0.4 is 4.90 Å². The van der Waals surface area contributed by atoms with E-state index in [1.54, 1.807) is 6.07 Å². The summed E-state index contributed by atoms with van der Waals surface area (Å²) in [5, 5.41) is 9.36. The van der Waals surface area contributed by atoms with Gasteiger partial charge in [-0.1, -0.05) is 17.7 Å². The highest BCUT2D eigenvalue weighted by atomic mass is 35.5. The summed E-state index contributed by atoms with van der Waals surface area (Å²) in [6, 6.07) is 7.71. The number of anilines is 1. The first-order valence-corrected chi connectivity index (χ1v) is 5.62. The van der Waals surface area contributed by atoms with Crippen LogP contribution in [0.3, 0.4) is 0 Å². The number of carboxylic acid groups (broad SMARTS) is 1. The van der Waals surface area contributed by atoms with Gasteiger partial charge in [0.2, 0.25) is 0 Å². The highest BCUT2D eigenvalue weighted by molar-refractivity contribution is 6.30. The first-order valence-electron chi connectivity index (χ1n) is 5.24. The normalized spacial score (nSPS) is 10.5. The molecule has 1 aromatic rings. The van der Waals surface area contributed by atoms with Crippen molar-refractivity contribution >= 4 is 23.3 Å². The number of halogens is 1. The first-order chi connectivity index (χ1) is 7.50. The molecule has 0 aliphatic rings. The van der Waals surface area contributed by atoms with Crippen molar-refractivity contribution in [1.82, 2.24) is 0 Å². The molecule has 0 aliphatic carbocycles. The van der Waals surface area contributed by atoms with Gasteiger partial charge in [-0.25, -0.2) is 0 Å². The molecule has 0 spiro atoms. The molecule has 0 saturated heterocycles. The van der Waals surface area contributed by atoms with Crippen LogP contribution in [0, 0.1) is 0 Å². The van der Waals surface area contributed by atoms with Crippen LogP contribution in [0.15, 0.2) is 24.3 Å². The molecule has 0 radical (unpaired) electrons. The van der Waals surface area contributed by atoms with Crippen LogP contribution in [0.5, 0.6) is 0 Å². The number of hydrogen-bond donors (Lipinski definition) is 1. The summed E-state index contributed by atoms with van der Waals surface area (Å²) in [5.41, 5.74) is 0.962. The fourth-order valence-corrected chi connectivity index (χ4v) is 1.74. The smallest absolute Gasteiger partial charge is 0.305 e. The van der Waals surface area contributed by atoms with Gasteiger partial charge in [0.25, 0.3) is 0 Å². The van der Waals surface area contributed by atoms with E-state index in [9.17, 15) is 4.79 Å². The number of nitrogens with zero attached hydrogens (tertiary/aromatic N) is 1. The molecule has 0 saturated carbocycles. The Morgan fingerprint density at radius 3 is 2.69 bits per heavy atom. The van der Waals surface area contributed by atoms with Gasteiger partial charge >= 0.3 is 5.97 Å². The van der Waals surface area contributed by atoms with Gasteiger partial charge in [0.15, 0.2) is 0 Å². The summed E-state index contributed by atoms with van der Waals surface area (Å²) in [7, 11) is 0. The lowest BCUT2D eigenvalue weighted by molar-refractivity contribution is -0.136. The van der Waals surface area contributed by atoms with Crippen molar-refractivity contribution in [2.45, 2.75) is 26.3 Å². The summed E-state index contributed by atoms with van der Waals surface area (Å²) in [5.74, 6) is -0.785. The molecule has 0 amide bonds. The van der Waals surface area contributed by atoms with E-state index in [4.69, 9.17) is 16.7 Å². The van der Waals surface area contributed by atoms with Crippen molar-refractivity contribution in [3.05, 3.63) is 29.3 Å². The number of hydrogen-bond acceptors (Lipinski definition) is 2. The Morgan fingerprint density at radius 2 is 2.19 bits per heavy atom. The molecule has 88 valence electrons. The Labute approximate surface area is 101 Å². The second-order valence-corrected chi connectivity index (χ2v) is 4.35. The molecule has 0 aliphatic heterocycles. The molecule has 0 aromatic heterocycles. The quantitative estimate of drug-likeness (QED) is 0.862. The first kappa shape index (κ1) is 12.8. The van der Waals surface area contributed by atoms with Crippen molar-refractivity contribution < 1.29 is 9.90 Å². The van der Waals surface area contributed by atoms with Gasteiger partial charge in [-0.2, -0.15) is 0 Å². The molecular weight excluding hydrogens is 226 g/mol. The second kappa shape index (κ2) is 5.75. The van der Waals surface area contributed by atoms with E-state index in [2.05, 4.69) is 0 Å². The molecule has 0 fully saturated rings. The second-order valence-electron chi connectivity index (χ2n) is 3.91. The van der Waals surface area contributed by atoms with Crippen molar-refractivity contribution in [2.24, 2.45) is 0 Å². The molecule has 16 heavy (non-hydrogen) atoms. The minimum absolute atomic E-state index is 0.130. The van der Waals surface area contributed by atoms with Crippen LogP contribution in [-0.2, 0) is 4.79 Å². The van der Waals surface area contributed by atoms with E-state index in [0.717, 1.165) is 5.69 Å². The Kier molecular flexibility index (Phi) is 4.62. The van der Waals surface area contributed by atoms with Crippen molar-refractivity contribution in [3.63, 3.8) is 0 Å². The van der Waals surface area contributed by atoms with E-state index >= 15 is 0 Å². The summed E-state index contributed by atoms with van der Waals surface area (Å²) < 4.78 is 0. The Hall–Kier alpha value is -1.22. The van der Waals surface area contributed by atoms with E-state index in [1.807, 2.05) is 36.9 Å². The monoisotopic (exact) mass is 241 g/mol. The van der Waals surface area contributed by atoms with Crippen molar-refractivity contribution in [2.75, 3.05) is 11.4 Å². The molecule has 1 rings (SSSR count). The van der Waals surface area contributed by atoms with E-state index in [1.165, 1.54) is 0 Å². The maximum Gasteiger partial charge on any atom is 0.305 e. The van der Waals surface area contributed by atoms with Gasteiger partial charge < -0.3 is 10.0 Å². The zero-order valence-electron chi connectivity index (χ0n) is 9.48. The van der Waals surface area contributed by atoms with Crippen LogP contribution >= 0.6 is 11.6 Å². The molecule has 1 aromatic carbocycles. The standard InChI is InChI=1S/C12H16ClNO2/c1-9(2)14(7-6-12(15)16)11-5-3-4-10(13)8-11/h3-5,8-9H,6-7H2,1-2H3,(H,15,16). The van der Waals surface area contributed by atoms with Crippen molar-refractivity contribution in [3.8, 4) is 0 Å². The lowest BCUT2D eigenvalue weighted by Crippen LogP contribution is -2.32. The van der Waals surface area contributed by atoms with Crippen LogP contribution in [0.25, 0.3) is 0 Å². The molecular formula is C12H16ClNO2. The molecule has 4 heteroatoms. The van der Waals surface area contributed by atoms with E-state index in [-0.39, 0.29) is 12.5 Å². The van der Waals surface area contributed by atoms with Gasteiger partial charge in [0, 0.05) is 23.3 Å². The highest BCUT2D eigenvalue weighted by Gasteiger charge is 2.12.